The molecule has 2 rings (SSSR count). The molecule has 2 heterocycles. The Balaban J connectivity index is 2.39. The van der Waals surface area contributed by atoms with Gasteiger partial charge < -0.3 is 10.5 Å². The summed E-state index contributed by atoms with van der Waals surface area (Å²) in [5.41, 5.74) is 7.15. The molecule has 2 aromatic rings. The van der Waals surface area contributed by atoms with Crippen LogP contribution in [0.5, 0.6) is 5.75 Å². The maximum atomic E-state index is 6.30. The summed E-state index contributed by atoms with van der Waals surface area (Å²) in [6.07, 6.45) is 2.63. The van der Waals surface area contributed by atoms with Crippen molar-refractivity contribution in [2.45, 2.75) is 25.9 Å². The highest BCUT2D eigenvalue weighted by molar-refractivity contribution is 7.10. The maximum Gasteiger partial charge on any atom is 0.134 e. The molecule has 6 heteroatoms. The van der Waals surface area contributed by atoms with Gasteiger partial charge in [-0.25, -0.2) is 0 Å². The number of halogens is 1. The van der Waals surface area contributed by atoms with Crippen molar-refractivity contribution in [3.05, 3.63) is 33.2 Å². The first kappa shape index (κ1) is 13.4. The van der Waals surface area contributed by atoms with Gasteiger partial charge in [-0.2, -0.15) is 5.10 Å². The predicted molar refractivity (Wildman–Crippen MR) is 74.4 cm³/mol. The Morgan fingerprint density at radius 3 is 3.06 bits per heavy atom. The highest BCUT2D eigenvalue weighted by atomic mass is 35.5. The minimum Gasteiger partial charge on any atom is -0.496 e. The largest absolute Gasteiger partial charge is 0.496 e. The number of methoxy groups -OCH3 is 1. The molecule has 2 aromatic heterocycles. The standard InChI is InChI=1S/C12H16ClN3OS/c1-3-5-16-11(8(13)7-15-16)10(14)12-9(17-2)4-6-18-12/h4,6-7,10H,3,5,14H2,1-2H3. The third kappa shape index (κ3) is 2.39. The quantitative estimate of drug-likeness (QED) is 0.918. The zero-order valence-electron chi connectivity index (χ0n) is 10.4. The number of ether oxygens (including phenoxy) is 1. The molecule has 0 aliphatic rings. The van der Waals surface area contributed by atoms with E-state index in [1.807, 2.05) is 16.1 Å². The zero-order valence-corrected chi connectivity index (χ0v) is 12.0. The summed E-state index contributed by atoms with van der Waals surface area (Å²) in [7, 11) is 1.64. The number of nitrogens with two attached hydrogens (primary N) is 1. The molecule has 0 amide bonds. The Morgan fingerprint density at radius 1 is 1.61 bits per heavy atom. The van der Waals surface area contributed by atoms with Crippen molar-refractivity contribution < 1.29 is 4.74 Å². The van der Waals surface area contributed by atoms with E-state index in [9.17, 15) is 0 Å². The van der Waals surface area contributed by atoms with E-state index < -0.39 is 0 Å². The lowest BCUT2D eigenvalue weighted by molar-refractivity contribution is 0.409. The Bertz CT molecular complexity index is 523. The lowest BCUT2D eigenvalue weighted by atomic mass is 10.1. The number of hydrogen-bond acceptors (Lipinski definition) is 4. The predicted octanol–water partition coefficient (Wildman–Crippen LogP) is 3.06. The molecule has 1 atom stereocenters. The van der Waals surface area contributed by atoms with E-state index in [4.69, 9.17) is 22.1 Å². The first-order valence-corrected chi connectivity index (χ1v) is 7.03. The lowest BCUT2D eigenvalue weighted by Crippen LogP contribution is -2.17. The van der Waals surface area contributed by atoms with Crippen LogP contribution in [0.25, 0.3) is 0 Å². The minimum absolute atomic E-state index is 0.304. The number of thiophene rings is 1. The van der Waals surface area contributed by atoms with E-state index in [1.54, 1.807) is 24.6 Å². The summed E-state index contributed by atoms with van der Waals surface area (Å²) in [5, 5.41) is 6.82. The molecule has 98 valence electrons. The van der Waals surface area contributed by atoms with Crippen LogP contribution in [0.2, 0.25) is 5.02 Å². The van der Waals surface area contributed by atoms with Gasteiger partial charge in [-0.15, -0.1) is 11.3 Å². The molecular formula is C12H16ClN3OS. The summed E-state index contributed by atoms with van der Waals surface area (Å²) in [6, 6.07) is 1.61. The molecule has 0 bridgehead atoms. The summed E-state index contributed by atoms with van der Waals surface area (Å²) in [6.45, 7) is 2.90. The number of aryl methyl sites for hydroxylation is 1. The van der Waals surface area contributed by atoms with Crippen LogP contribution in [-0.2, 0) is 6.54 Å². The Morgan fingerprint density at radius 2 is 2.39 bits per heavy atom. The maximum absolute atomic E-state index is 6.30. The van der Waals surface area contributed by atoms with E-state index in [0.717, 1.165) is 29.3 Å². The number of hydrogen-bond donors (Lipinski definition) is 1. The number of nitrogens with zero attached hydrogens (tertiary/aromatic N) is 2. The molecule has 2 N–H and O–H groups in total. The van der Waals surface area contributed by atoms with Crippen molar-refractivity contribution >= 4 is 22.9 Å². The van der Waals surface area contributed by atoms with E-state index in [-0.39, 0.29) is 6.04 Å². The van der Waals surface area contributed by atoms with E-state index in [2.05, 4.69) is 12.0 Å². The fourth-order valence-electron chi connectivity index (χ4n) is 1.90. The van der Waals surface area contributed by atoms with E-state index >= 15 is 0 Å². The van der Waals surface area contributed by atoms with E-state index in [1.165, 1.54) is 0 Å². The van der Waals surface area contributed by atoms with Crippen LogP contribution in [0.3, 0.4) is 0 Å². The van der Waals surface area contributed by atoms with Crippen molar-refractivity contribution in [1.82, 2.24) is 9.78 Å². The molecule has 0 saturated carbocycles. The van der Waals surface area contributed by atoms with Gasteiger partial charge in [0, 0.05) is 6.54 Å². The van der Waals surface area contributed by atoms with Crippen molar-refractivity contribution in [2.75, 3.05) is 7.11 Å². The van der Waals surface area contributed by atoms with E-state index in [0.29, 0.717) is 5.02 Å². The molecule has 0 aromatic carbocycles. The first-order chi connectivity index (χ1) is 8.69. The molecule has 0 radical (unpaired) electrons. The van der Waals surface area contributed by atoms with Crippen LogP contribution >= 0.6 is 22.9 Å². The molecule has 0 aliphatic carbocycles. The highest BCUT2D eigenvalue weighted by Gasteiger charge is 2.22. The Kier molecular flexibility index (Phi) is 4.27. The zero-order chi connectivity index (χ0) is 13.1. The highest BCUT2D eigenvalue weighted by Crippen LogP contribution is 2.35. The van der Waals surface area contributed by atoms with Gasteiger partial charge in [0.05, 0.1) is 34.9 Å². The summed E-state index contributed by atoms with van der Waals surface area (Å²) < 4.78 is 7.17. The second-order valence-electron chi connectivity index (χ2n) is 3.93. The normalized spacial score (nSPS) is 12.7. The minimum atomic E-state index is -0.304. The molecule has 1 unspecified atom stereocenters. The van der Waals surface area contributed by atoms with Crippen molar-refractivity contribution in [1.29, 1.82) is 0 Å². The fraction of sp³-hybridized carbons (Fsp3) is 0.417. The second-order valence-corrected chi connectivity index (χ2v) is 5.29. The third-order valence-electron chi connectivity index (χ3n) is 2.72. The first-order valence-electron chi connectivity index (χ1n) is 5.77. The van der Waals surface area contributed by atoms with Crippen LogP contribution < -0.4 is 10.5 Å². The van der Waals surface area contributed by atoms with Gasteiger partial charge >= 0.3 is 0 Å². The number of rotatable bonds is 5. The molecule has 18 heavy (non-hydrogen) atoms. The summed E-state index contributed by atoms with van der Waals surface area (Å²) in [4.78, 5) is 0.970. The topological polar surface area (TPSA) is 53.1 Å². The molecule has 0 spiro atoms. The van der Waals surface area contributed by atoms with Gasteiger partial charge in [0.15, 0.2) is 0 Å². The van der Waals surface area contributed by atoms with Gasteiger partial charge in [0.1, 0.15) is 5.75 Å². The lowest BCUT2D eigenvalue weighted by Gasteiger charge is -2.14. The van der Waals surface area contributed by atoms with Crippen LogP contribution in [-0.4, -0.2) is 16.9 Å². The summed E-state index contributed by atoms with van der Waals surface area (Å²) in [5.74, 6) is 0.799. The van der Waals surface area contributed by atoms with Gasteiger partial charge in [-0.1, -0.05) is 18.5 Å². The summed E-state index contributed by atoms with van der Waals surface area (Å²) >= 11 is 7.75. The SMILES string of the molecule is CCCn1ncc(Cl)c1C(N)c1sccc1OC. The monoisotopic (exact) mass is 285 g/mol. The van der Waals surface area contributed by atoms with Crippen molar-refractivity contribution in [2.24, 2.45) is 5.73 Å². The van der Waals surface area contributed by atoms with Crippen LogP contribution in [0.1, 0.15) is 30.0 Å². The third-order valence-corrected chi connectivity index (χ3v) is 4.00. The molecule has 0 fully saturated rings. The Hall–Kier alpha value is -1.04. The fourth-order valence-corrected chi connectivity index (χ4v) is 3.02. The smallest absolute Gasteiger partial charge is 0.134 e. The molecule has 0 saturated heterocycles. The average molecular weight is 286 g/mol. The molecule has 4 nitrogen and oxygen atoms in total. The van der Waals surface area contributed by atoms with Gasteiger partial charge in [-0.3, -0.25) is 4.68 Å². The van der Waals surface area contributed by atoms with Gasteiger partial charge in [0.25, 0.3) is 0 Å². The Labute approximate surface area is 115 Å². The molecule has 0 aliphatic heterocycles. The van der Waals surface area contributed by atoms with Gasteiger partial charge in [-0.05, 0) is 17.9 Å². The second kappa shape index (κ2) is 5.73. The van der Waals surface area contributed by atoms with Crippen LogP contribution in [0.4, 0.5) is 0 Å². The average Bonchev–Trinajstić information content (AvgIpc) is 2.96. The van der Waals surface area contributed by atoms with Crippen molar-refractivity contribution in [3.63, 3.8) is 0 Å². The number of aromatic nitrogens is 2. The van der Waals surface area contributed by atoms with Crippen LogP contribution in [0.15, 0.2) is 17.6 Å². The molecular weight excluding hydrogens is 270 g/mol. The van der Waals surface area contributed by atoms with Crippen LogP contribution in [0, 0.1) is 0 Å². The van der Waals surface area contributed by atoms with Crippen molar-refractivity contribution in [3.8, 4) is 5.75 Å². The van der Waals surface area contributed by atoms with Gasteiger partial charge in [0.2, 0.25) is 0 Å².